The fraction of sp³-hybridized carbons (Fsp3) is 0.375. The highest BCUT2D eigenvalue weighted by molar-refractivity contribution is 5.62. The van der Waals surface area contributed by atoms with Gasteiger partial charge in [0.15, 0.2) is 5.69 Å². The van der Waals surface area contributed by atoms with Gasteiger partial charge in [-0.15, -0.1) is 0 Å². The van der Waals surface area contributed by atoms with Crippen molar-refractivity contribution >= 4 is 5.95 Å². The molecule has 0 aromatic carbocycles. The monoisotopic (exact) mass is 365 g/mol. The smallest absolute Gasteiger partial charge is 0.350 e. The summed E-state index contributed by atoms with van der Waals surface area (Å²) in [5, 5.41) is 11.1. The Morgan fingerprint density at radius 2 is 1.96 bits per heavy atom. The summed E-state index contributed by atoms with van der Waals surface area (Å²) in [6, 6.07) is 0.935. The van der Waals surface area contributed by atoms with E-state index in [9.17, 15) is 13.2 Å². The lowest BCUT2D eigenvalue weighted by molar-refractivity contribution is -0.141. The largest absolute Gasteiger partial charge is 0.433 e. The maximum absolute atomic E-state index is 13.2. The van der Waals surface area contributed by atoms with Gasteiger partial charge in [-0.25, -0.2) is 9.97 Å². The van der Waals surface area contributed by atoms with Gasteiger partial charge >= 0.3 is 6.18 Å². The van der Waals surface area contributed by atoms with E-state index in [1.54, 1.807) is 31.0 Å². The van der Waals surface area contributed by atoms with Crippen molar-refractivity contribution in [2.75, 3.05) is 5.32 Å². The lowest BCUT2D eigenvalue weighted by Crippen LogP contribution is -2.12. The van der Waals surface area contributed by atoms with Crippen LogP contribution in [0.3, 0.4) is 0 Å². The highest BCUT2D eigenvalue weighted by atomic mass is 19.4. The van der Waals surface area contributed by atoms with Crippen molar-refractivity contribution in [1.82, 2.24) is 29.5 Å². The van der Waals surface area contributed by atoms with E-state index in [1.807, 2.05) is 13.1 Å². The SMILES string of the molecule is CCn1cc(CNc2nc(-c3cn(C)nc3C)cc(C(F)(F)F)n2)cn1. The highest BCUT2D eigenvalue weighted by Crippen LogP contribution is 2.31. The average molecular weight is 365 g/mol. The van der Waals surface area contributed by atoms with Crippen LogP contribution in [-0.4, -0.2) is 29.5 Å². The Balaban J connectivity index is 1.93. The van der Waals surface area contributed by atoms with E-state index in [-0.39, 0.29) is 18.2 Å². The lowest BCUT2D eigenvalue weighted by Gasteiger charge is -2.11. The fourth-order valence-electron chi connectivity index (χ4n) is 2.51. The van der Waals surface area contributed by atoms with Crippen LogP contribution in [-0.2, 0) is 26.3 Å². The minimum atomic E-state index is -4.57. The number of rotatable bonds is 5. The molecule has 0 unspecified atom stereocenters. The van der Waals surface area contributed by atoms with Crippen LogP contribution < -0.4 is 5.32 Å². The van der Waals surface area contributed by atoms with Crippen LogP contribution in [0.15, 0.2) is 24.7 Å². The molecule has 0 amide bonds. The van der Waals surface area contributed by atoms with Crippen molar-refractivity contribution in [3.63, 3.8) is 0 Å². The van der Waals surface area contributed by atoms with Gasteiger partial charge < -0.3 is 5.32 Å². The van der Waals surface area contributed by atoms with E-state index in [0.717, 1.165) is 11.6 Å². The van der Waals surface area contributed by atoms with Crippen molar-refractivity contribution in [2.45, 2.75) is 33.1 Å². The number of hydrogen-bond donors (Lipinski definition) is 1. The van der Waals surface area contributed by atoms with Gasteiger partial charge in [0, 0.05) is 43.7 Å². The highest BCUT2D eigenvalue weighted by Gasteiger charge is 2.34. The molecule has 0 bridgehead atoms. The van der Waals surface area contributed by atoms with Gasteiger partial charge in [-0.2, -0.15) is 23.4 Å². The number of anilines is 1. The summed E-state index contributed by atoms with van der Waals surface area (Å²) in [5.74, 6) is -0.0951. The van der Waals surface area contributed by atoms with E-state index in [0.29, 0.717) is 17.8 Å². The molecule has 0 radical (unpaired) electrons. The number of nitrogens with one attached hydrogen (secondary N) is 1. The zero-order valence-corrected chi connectivity index (χ0v) is 14.5. The summed E-state index contributed by atoms with van der Waals surface area (Å²) >= 11 is 0. The minimum absolute atomic E-state index is 0.0951. The summed E-state index contributed by atoms with van der Waals surface area (Å²) in [4.78, 5) is 7.84. The predicted molar refractivity (Wildman–Crippen MR) is 89.2 cm³/mol. The zero-order chi connectivity index (χ0) is 18.9. The normalized spacial score (nSPS) is 11.8. The molecule has 10 heteroatoms. The van der Waals surface area contributed by atoms with Crippen LogP contribution in [0.1, 0.15) is 23.9 Å². The molecule has 0 atom stereocenters. The molecule has 138 valence electrons. The first kappa shape index (κ1) is 17.9. The average Bonchev–Trinajstić information content (AvgIpc) is 3.17. The van der Waals surface area contributed by atoms with Crippen molar-refractivity contribution in [1.29, 1.82) is 0 Å². The first-order valence-electron chi connectivity index (χ1n) is 7.98. The first-order valence-corrected chi connectivity index (χ1v) is 7.98. The summed E-state index contributed by atoms with van der Waals surface area (Å²) < 4.78 is 43.0. The molecule has 1 N–H and O–H groups in total. The molecular formula is C16H18F3N7. The van der Waals surface area contributed by atoms with Gasteiger partial charge in [0.25, 0.3) is 0 Å². The number of hydrogen-bond acceptors (Lipinski definition) is 5. The number of halogens is 3. The van der Waals surface area contributed by atoms with Crippen molar-refractivity contribution in [2.24, 2.45) is 7.05 Å². The van der Waals surface area contributed by atoms with Crippen molar-refractivity contribution in [3.8, 4) is 11.3 Å². The molecule has 3 aromatic rings. The Hall–Kier alpha value is -2.91. The Labute approximate surface area is 147 Å². The molecule has 0 saturated carbocycles. The van der Waals surface area contributed by atoms with Crippen LogP contribution in [0.25, 0.3) is 11.3 Å². The Morgan fingerprint density at radius 3 is 2.54 bits per heavy atom. The van der Waals surface area contributed by atoms with E-state index in [1.165, 1.54) is 4.68 Å². The van der Waals surface area contributed by atoms with Crippen molar-refractivity contribution < 1.29 is 13.2 Å². The Kier molecular flexibility index (Phi) is 4.66. The lowest BCUT2D eigenvalue weighted by atomic mass is 10.1. The molecule has 3 aromatic heterocycles. The van der Waals surface area contributed by atoms with Gasteiger partial charge in [-0.1, -0.05) is 0 Å². The molecule has 3 rings (SSSR count). The summed E-state index contributed by atoms with van der Waals surface area (Å²) in [5.41, 5.74) is 1.12. The zero-order valence-electron chi connectivity index (χ0n) is 14.5. The Bertz CT molecular complexity index is 911. The third-order valence-corrected chi connectivity index (χ3v) is 3.77. The van der Waals surface area contributed by atoms with E-state index in [4.69, 9.17) is 0 Å². The summed E-state index contributed by atoms with van der Waals surface area (Å²) in [7, 11) is 1.70. The third-order valence-electron chi connectivity index (χ3n) is 3.77. The Morgan fingerprint density at radius 1 is 1.19 bits per heavy atom. The second kappa shape index (κ2) is 6.77. The molecule has 3 heterocycles. The van der Waals surface area contributed by atoms with E-state index < -0.39 is 11.9 Å². The van der Waals surface area contributed by atoms with Gasteiger partial charge in [0.1, 0.15) is 0 Å². The maximum atomic E-state index is 13.2. The summed E-state index contributed by atoms with van der Waals surface area (Å²) in [6.45, 7) is 4.65. The maximum Gasteiger partial charge on any atom is 0.433 e. The molecule has 0 aliphatic carbocycles. The van der Waals surface area contributed by atoms with Gasteiger partial charge in [-0.05, 0) is 19.9 Å². The van der Waals surface area contributed by atoms with E-state index in [2.05, 4.69) is 25.5 Å². The van der Waals surface area contributed by atoms with Crippen LogP contribution in [0.5, 0.6) is 0 Å². The number of aromatic nitrogens is 6. The number of aryl methyl sites for hydroxylation is 3. The second-order valence-corrected chi connectivity index (χ2v) is 5.82. The van der Waals surface area contributed by atoms with E-state index >= 15 is 0 Å². The molecular weight excluding hydrogens is 347 g/mol. The number of nitrogens with zero attached hydrogens (tertiary/aromatic N) is 6. The van der Waals surface area contributed by atoms with Crippen LogP contribution >= 0.6 is 0 Å². The molecule has 26 heavy (non-hydrogen) atoms. The predicted octanol–water partition coefficient (Wildman–Crippen LogP) is 3.03. The molecule has 7 nitrogen and oxygen atoms in total. The molecule has 0 fully saturated rings. The first-order chi connectivity index (χ1) is 12.3. The molecule has 0 spiro atoms. The second-order valence-electron chi connectivity index (χ2n) is 5.82. The van der Waals surface area contributed by atoms with Crippen LogP contribution in [0.2, 0.25) is 0 Å². The molecule has 0 saturated heterocycles. The van der Waals surface area contributed by atoms with Crippen LogP contribution in [0, 0.1) is 6.92 Å². The molecule has 0 aliphatic heterocycles. The van der Waals surface area contributed by atoms with Gasteiger partial charge in [0.05, 0.1) is 17.6 Å². The third kappa shape index (κ3) is 3.84. The topological polar surface area (TPSA) is 73.5 Å². The number of alkyl halides is 3. The minimum Gasteiger partial charge on any atom is -0.350 e. The van der Waals surface area contributed by atoms with Crippen LogP contribution in [0.4, 0.5) is 19.1 Å². The molecule has 0 aliphatic rings. The van der Waals surface area contributed by atoms with Gasteiger partial charge in [0.2, 0.25) is 5.95 Å². The summed E-state index contributed by atoms with van der Waals surface area (Å²) in [6.07, 6.45) is 0.521. The fourth-order valence-corrected chi connectivity index (χ4v) is 2.51. The quantitative estimate of drug-likeness (QED) is 0.752. The van der Waals surface area contributed by atoms with Gasteiger partial charge in [-0.3, -0.25) is 9.36 Å². The van der Waals surface area contributed by atoms with Crippen molar-refractivity contribution in [3.05, 3.63) is 41.6 Å². The standard InChI is InChI=1S/C16H18F3N7/c1-4-26-8-11(7-21-26)6-20-15-22-13(5-14(23-15)16(17,18)19)12-9-25(3)24-10(12)2/h5,7-9H,4,6H2,1-3H3,(H,20,22,23).